The number of nitrogens with zero attached hydrogens (tertiary/aromatic N) is 1. The first-order chi connectivity index (χ1) is 9.85. The highest BCUT2D eigenvalue weighted by Gasteiger charge is 2.24. The van der Waals surface area contributed by atoms with Gasteiger partial charge in [-0.05, 0) is 25.1 Å². The van der Waals surface area contributed by atoms with Gasteiger partial charge in [-0.25, -0.2) is 8.42 Å². The smallest absolute Gasteiger partial charge is 0.255 e. The second-order valence-electron chi connectivity index (χ2n) is 5.15. The number of hydrogen-bond acceptors (Lipinski definition) is 4. The number of hydrogen-bond donors (Lipinski definition) is 1. The van der Waals surface area contributed by atoms with Crippen molar-refractivity contribution in [1.29, 1.82) is 0 Å². The lowest BCUT2D eigenvalue weighted by atomic mass is 10.1. The molecule has 7 heteroatoms. The van der Waals surface area contributed by atoms with Crippen molar-refractivity contribution in [2.24, 2.45) is 0 Å². The molecule has 1 unspecified atom stereocenters. The summed E-state index contributed by atoms with van der Waals surface area (Å²) in [5.41, 5.74) is 0.250. The van der Waals surface area contributed by atoms with Gasteiger partial charge in [0.2, 0.25) is 0 Å². The molecular weight excluding hydrogens is 312 g/mol. The molecule has 1 aliphatic rings. The number of nitrogens with one attached hydrogen (secondary N) is 1. The minimum absolute atomic E-state index is 0.00701. The van der Waals surface area contributed by atoms with Crippen LogP contribution in [-0.2, 0) is 9.84 Å². The summed E-state index contributed by atoms with van der Waals surface area (Å²) in [6, 6.07) is 4.52. The highest BCUT2D eigenvalue weighted by Crippen LogP contribution is 2.23. The predicted octanol–water partition coefficient (Wildman–Crippen LogP) is 1.57. The van der Waals surface area contributed by atoms with Gasteiger partial charge >= 0.3 is 0 Å². The van der Waals surface area contributed by atoms with E-state index in [1.165, 1.54) is 18.2 Å². The second kappa shape index (κ2) is 6.34. The van der Waals surface area contributed by atoms with Gasteiger partial charge in [0.15, 0.2) is 9.84 Å². The maximum atomic E-state index is 12.6. The van der Waals surface area contributed by atoms with E-state index >= 15 is 0 Å². The molecule has 1 aromatic carbocycles. The van der Waals surface area contributed by atoms with Crippen LogP contribution >= 0.6 is 11.6 Å². The first kappa shape index (κ1) is 16.3. The van der Waals surface area contributed by atoms with Crippen molar-refractivity contribution in [3.05, 3.63) is 28.8 Å². The first-order valence-electron chi connectivity index (χ1n) is 6.90. The predicted molar refractivity (Wildman–Crippen MR) is 82.5 cm³/mol. The number of rotatable bonds is 3. The molecule has 0 saturated carbocycles. The van der Waals surface area contributed by atoms with Gasteiger partial charge in [-0.1, -0.05) is 18.5 Å². The van der Waals surface area contributed by atoms with Crippen LogP contribution < -0.4 is 5.32 Å². The molecule has 1 heterocycles. The average molecular weight is 331 g/mol. The fourth-order valence-electron chi connectivity index (χ4n) is 2.32. The molecule has 116 valence electrons. The molecule has 1 N–H and O–H groups in total. The Morgan fingerprint density at radius 3 is 2.81 bits per heavy atom. The molecule has 1 saturated heterocycles. The molecule has 0 aromatic heterocycles. The Morgan fingerprint density at radius 2 is 2.19 bits per heavy atom. The number of benzene rings is 1. The molecule has 1 atom stereocenters. The van der Waals surface area contributed by atoms with Gasteiger partial charge in [-0.15, -0.1) is 0 Å². The molecule has 0 spiro atoms. The summed E-state index contributed by atoms with van der Waals surface area (Å²) in [6.07, 6.45) is 0. The molecule has 2 rings (SSSR count). The number of carbonyl (C=O) groups excluding carboxylic acids is 1. The highest BCUT2D eigenvalue weighted by atomic mass is 35.5. The minimum Gasteiger partial charge on any atom is -0.336 e. The number of amides is 1. The molecule has 0 radical (unpaired) electrons. The van der Waals surface area contributed by atoms with Crippen molar-refractivity contribution in [3.8, 4) is 0 Å². The summed E-state index contributed by atoms with van der Waals surface area (Å²) in [4.78, 5) is 14.4. The summed E-state index contributed by atoms with van der Waals surface area (Å²) in [5.74, 6) is -0.228. The Labute approximate surface area is 130 Å². The van der Waals surface area contributed by atoms with Crippen molar-refractivity contribution in [3.63, 3.8) is 0 Å². The van der Waals surface area contributed by atoms with E-state index in [1.807, 2.05) is 6.92 Å². The molecule has 1 fully saturated rings. The third kappa shape index (κ3) is 3.56. The molecule has 1 aromatic rings. The van der Waals surface area contributed by atoms with E-state index < -0.39 is 9.84 Å². The van der Waals surface area contributed by atoms with Gasteiger partial charge in [-0.2, -0.15) is 0 Å². The molecule has 5 nitrogen and oxygen atoms in total. The van der Waals surface area contributed by atoms with Gasteiger partial charge in [0.1, 0.15) is 0 Å². The van der Waals surface area contributed by atoms with Crippen LogP contribution in [0.25, 0.3) is 0 Å². The molecule has 0 bridgehead atoms. The Balaban J connectivity index is 2.34. The molecule has 1 amide bonds. The molecule has 21 heavy (non-hydrogen) atoms. The van der Waals surface area contributed by atoms with E-state index in [2.05, 4.69) is 5.32 Å². The van der Waals surface area contributed by atoms with Crippen molar-refractivity contribution >= 4 is 27.3 Å². The highest BCUT2D eigenvalue weighted by molar-refractivity contribution is 7.91. The van der Waals surface area contributed by atoms with Crippen LogP contribution in [0.3, 0.4) is 0 Å². The minimum atomic E-state index is -3.35. The molecular formula is C14H19ClN2O3S. The van der Waals surface area contributed by atoms with E-state index in [0.29, 0.717) is 13.1 Å². The van der Waals surface area contributed by atoms with Gasteiger partial charge in [0.05, 0.1) is 21.2 Å². The summed E-state index contributed by atoms with van der Waals surface area (Å²) in [5, 5.41) is 3.53. The van der Waals surface area contributed by atoms with Gasteiger partial charge < -0.3 is 10.2 Å². The topological polar surface area (TPSA) is 66.5 Å². The van der Waals surface area contributed by atoms with E-state index in [-0.39, 0.29) is 33.2 Å². The molecule has 1 aliphatic heterocycles. The number of carbonyl (C=O) groups is 1. The summed E-state index contributed by atoms with van der Waals surface area (Å²) in [7, 11) is -3.35. The van der Waals surface area contributed by atoms with Crippen molar-refractivity contribution < 1.29 is 13.2 Å². The first-order valence-corrected chi connectivity index (χ1v) is 8.93. The maximum absolute atomic E-state index is 12.6. The third-order valence-corrected chi connectivity index (χ3v) is 5.63. The van der Waals surface area contributed by atoms with Crippen LogP contribution in [0.2, 0.25) is 5.02 Å². The van der Waals surface area contributed by atoms with Crippen LogP contribution in [-0.4, -0.2) is 50.7 Å². The standard InChI is InChI=1S/C14H19ClN2O3S/c1-3-21(19,20)11-4-5-13(15)12(8-11)14(18)17-7-6-16-10(2)9-17/h4-5,8,10,16H,3,6-7,9H2,1-2H3. The van der Waals surface area contributed by atoms with Crippen LogP contribution in [0.1, 0.15) is 24.2 Å². The van der Waals surface area contributed by atoms with Crippen molar-refractivity contribution in [2.45, 2.75) is 24.8 Å². The lowest BCUT2D eigenvalue weighted by Crippen LogP contribution is -2.51. The lowest BCUT2D eigenvalue weighted by molar-refractivity contribution is 0.0709. The monoisotopic (exact) mass is 330 g/mol. The fourth-order valence-corrected chi connectivity index (χ4v) is 3.42. The normalized spacial score (nSPS) is 19.6. The number of halogens is 1. The van der Waals surface area contributed by atoms with Gasteiger partial charge in [-0.3, -0.25) is 4.79 Å². The van der Waals surface area contributed by atoms with Crippen LogP contribution in [0.4, 0.5) is 0 Å². The van der Waals surface area contributed by atoms with Crippen LogP contribution in [0, 0.1) is 0 Å². The summed E-state index contributed by atoms with van der Waals surface area (Å²) in [6.45, 7) is 5.46. The Hall–Kier alpha value is -1.11. The van der Waals surface area contributed by atoms with E-state index in [1.54, 1.807) is 11.8 Å². The lowest BCUT2D eigenvalue weighted by Gasteiger charge is -2.32. The average Bonchev–Trinajstić information content (AvgIpc) is 2.47. The fraction of sp³-hybridized carbons (Fsp3) is 0.500. The summed E-state index contributed by atoms with van der Waals surface area (Å²) < 4.78 is 23.9. The van der Waals surface area contributed by atoms with E-state index in [4.69, 9.17) is 11.6 Å². The third-order valence-electron chi connectivity index (χ3n) is 3.56. The van der Waals surface area contributed by atoms with E-state index in [0.717, 1.165) is 6.54 Å². The molecule has 0 aliphatic carbocycles. The van der Waals surface area contributed by atoms with Crippen LogP contribution in [0.5, 0.6) is 0 Å². The SMILES string of the molecule is CCS(=O)(=O)c1ccc(Cl)c(C(=O)N2CCNC(C)C2)c1. The van der Waals surface area contributed by atoms with Gasteiger partial charge in [0, 0.05) is 25.7 Å². The second-order valence-corrected chi connectivity index (χ2v) is 7.84. The quantitative estimate of drug-likeness (QED) is 0.913. The Kier molecular flexibility index (Phi) is 4.91. The number of sulfone groups is 1. The largest absolute Gasteiger partial charge is 0.336 e. The zero-order valence-corrected chi connectivity index (χ0v) is 13.7. The maximum Gasteiger partial charge on any atom is 0.255 e. The zero-order valence-electron chi connectivity index (χ0n) is 12.1. The van der Waals surface area contributed by atoms with Crippen molar-refractivity contribution in [2.75, 3.05) is 25.4 Å². The summed E-state index contributed by atoms with van der Waals surface area (Å²) >= 11 is 6.08. The number of piperazine rings is 1. The zero-order chi connectivity index (χ0) is 15.6. The Morgan fingerprint density at radius 1 is 1.48 bits per heavy atom. The Bertz CT molecular complexity index is 646. The van der Waals surface area contributed by atoms with Crippen molar-refractivity contribution in [1.82, 2.24) is 10.2 Å². The van der Waals surface area contributed by atoms with Crippen LogP contribution in [0.15, 0.2) is 23.1 Å². The van der Waals surface area contributed by atoms with Gasteiger partial charge in [0.25, 0.3) is 5.91 Å². The van der Waals surface area contributed by atoms with E-state index in [9.17, 15) is 13.2 Å².